The van der Waals surface area contributed by atoms with Crippen molar-refractivity contribution >= 4 is 11.8 Å². The van der Waals surface area contributed by atoms with Crippen LogP contribution in [0.25, 0.3) is 0 Å². The number of esters is 1. The summed E-state index contributed by atoms with van der Waals surface area (Å²) in [5.74, 6) is 0.0854. The molecule has 0 aromatic rings. The van der Waals surface area contributed by atoms with Gasteiger partial charge in [0.2, 0.25) is 0 Å². The maximum absolute atomic E-state index is 14.2. The molecule has 0 heterocycles. The molecule has 3 unspecified atom stereocenters. The zero-order valence-electron chi connectivity index (χ0n) is 23.6. The van der Waals surface area contributed by atoms with E-state index >= 15 is 0 Å². The number of aliphatic hydroxyl groups is 1. The lowest BCUT2D eigenvalue weighted by Gasteiger charge is -2.61. The minimum absolute atomic E-state index is 0.0446. The Bertz CT molecular complexity index is 898. The Morgan fingerprint density at radius 2 is 1.97 bits per heavy atom. The van der Waals surface area contributed by atoms with Gasteiger partial charge in [-0.15, -0.1) is 0 Å². The van der Waals surface area contributed by atoms with Gasteiger partial charge in [-0.25, -0.2) is 0 Å². The number of aliphatic hydroxyl groups excluding tert-OH is 1. The fourth-order valence-corrected chi connectivity index (χ4v) is 8.57. The van der Waals surface area contributed by atoms with Crippen molar-refractivity contribution in [3.63, 3.8) is 0 Å². The Balaban J connectivity index is 1.71. The van der Waals surface area contributed by atoms with Crippen molar-refractivity contribution in [2.75, 3.05) is 7.11 Å². The van der Waals surface area contributed by atoms with Gasteiger partial charge in [-0.2, -0.15) is 0 Å². The average Bonchev–Trinajstić information content (AvgIpc) is 3.14. The van der Waals surface area contributed by atoms with E-state index < -0.39 is 19.0 Å². The molecule has 0 saturated heterocycles. The van der Waals surface area contributed by atoms with Gasteiger partial charge in [0.1, 0.15) is 0 Å². The molecule has 0 bridgehead atoms. The molecular formula is C27H42O4. The summed E-state index contributed by atoms with van der Waals surface area (Å²) in [4.78, 5) is 25.9. The molecule has 0 aliphatic heterocycles. The quantitative estimate of drug-likeness (QED) is 0.480. The minimum atomic E-state index is -2.64. The molecule has 0 amide bonds. The topological polar surface area (TPSA) is 63.6 Å². The molecule has 4 heteroatoms. The standard InChI is InChI=1S/C27H42O4/c1-6-18-22-15-17(28)11-13-27(22,4)21-12-14-26(3)19(16(2)7-10-23(29)31-5)8-9-20(26)24(21)25(18)30/h6,16-17,19-22,24,28H,7-15H2,1-5H3/b18-6-/t16-,17-,19-,20?,21?,22+,24?,26-,27-/m1/s1/i1D3,6D. The number of ether oxygens (including phenoxy) is 1. The van der Waals surface area contributed by atoms with Gasteiger partial charge in [0.25, 0.3) is 0 Å². The largest absolute Gasteiger partial charge is 0.469 e. The maximum Gasteiger partial charge on any atom is 0.305 e. The van der Waals surface area contributed by atoms with Crippen molar-refractivity contribution in [1.82, 2.24) is 0 Å². The molecular weight excluding hydrogens is 388 g/mol. The van der Waals surface area contributed by atoms with Crippen LogP contribution in [0.3, 0.4) is 0 Å². The highest BCUT2D eigenvalue weighted by Gasteiger charge is 2.64. The number of methoxy groups -OCH3 is 1. The van der Waals surface area contributed by atoms with Gasteiger partial charge in [0, 0.05) is 16.5 Å². The molecule has 1 N–H and O–H groups in total. The molecule has 0 spiro atoms. The van der Waals surface area contributed by atoms with Crippen molar-refractivity contribution < 1.29 is 24.9 Å². The van der Waals surface area contributed by atoms with Crippen molar-refractivity contribution in [2.45, 2.75) is 91.5 Å². The van der Waals surface area contributed by atoms with E-state index in [-0.39, 0.29) is 51.8 Å². The maximum atomic E-state index is 14.2. The molecule has 9 atom stereocenters. The minimum Gasteiger partial charge on any atom is -0.469 e. The predicted molar refractivity (Wildman–Crippen MR) is 121 cm³/mol. The number of Topliss-reactive ketones (excluding diaryl/α,β-unsaturated/α-hetero) is 1. The lowest BCUT2D eigenvalue weighted by atomic mass is 9.43. The van der Waals surface area contributed by atoms with Crippen LogP contribution in [0.15, 0.2) is 11.6 Å². The van der Waals surface area contributed by atoms with Gasteiger partial charge in [0.15, 0.2) is 5.78 Å². The molecule has 4 nitrogen and oxygen atoms in total. The number of carbonyl (C=O) groups excluding carboxylic acids is 2. The van der Waals surface area contributed by atoms with Gasteiger partial charge in [0.05, 0.1) is 14.6 Å². The van der Waals surface area contributed by atoms with E-state index in [1.807, 2.05) is 0 Å². The fourth-order valence-electron chi connectivity index (χ4n) is 8.57. The van der Waals surface area contributed by atoms with Gasteiger partial charge in [-0.05, 0) is 104 Å². The first-order valence-corrected chi connectivity index (χ1v) is 12.3. The summed E-state index contributed by atoms with van der Waals surface area (Å²) in [7, 11) is 1.42. The molecule has 0 aromatic heterocycles. The molecule has 4 fully saturated rings. The second-order valence-corrected chi connectivity index (χ2v) is 11.4. The Morgan fingerprint density at radius 3 is 2.68 bits per heavy atom. The lowest BCUT2D eigenvalue weighted by molar-refractivity contribution is -0.150. The second kappa shape index (κ2) is 8.32. The number of hydrogen-bond acceptors (Lipinski definition) is 4. The van der Waals surface area contributed by atoms with E-state index in [1.165, 1.54) is 7.11 Å². The summed E-state index contributed by atoms with van der Waals surface area (Å²) in [6.07, 6.45) is 6.26. The first-order chi connectivity index (χ1) is 16.3. The van der Waals surface area contributed by atoms with Crippen LogP contribution in [0.4, 0.5) is 0 Å². The number of carbonyl (C=O) groups is 2. The molecule has 31 heavy (non-hydrogen) atoms. The van der Waals surface area contributed by atoms with Crippen molar-refractivity contribution in [3.05, 3.63) is 11.6 Å². The number of allylic oxidation sites excluding steroid dienone is 2. The van der Waals surface area contributed by atoms with Crippen LogP contribution in [0.2, 0.25) is 0 Å². The average molecular weight is 435 g/mol. The molecule has 0 aromatic carbocycles. The fraction of sp³-hybridized carbons (Fsp3) is 0.852. The third-order valence-electron chi connectivity index (χ3n) is 10.3. The van der Waals surface area contributed by atoms with E-state index in [0.717, 1.165) is 38.5 Å². The van der Waals surface area contributed by atoms with Crippen LogP contribution < -0.4 is 0 Å². The van der Waals surface area contributed by atoms with Crippen LogP contribution >= 0.6 is 0 Å². The smallest absolute Gasteiger partial charge is 0.305 e. The molecule has 4 rings (SSSR count). The van der Waals surface area contributed by atoms with E-state index in [1.54, 1.807) is 0 Å². The van der Waals surface area contributed by atoms with E-state index in [2.05, 4.69) is 20.8 Å². The number of rotatable bonds is 4. The van der Waals surface area contributed by atoms with E-state index in [9.17, 15) is 14.7 Å². The lowest BCUT2D eigenvalue weighted by Crippen LogP contribution is -2.58. The molecule has 4 aliphatic rings. The first-order valence-electron chi connectivity index (χ1n) is 14.3. The summed E-state index contributed by atoms with van der Waals surface area (Å²) < 4.78 is 37.2. The first kappa shape index (κ1) is 18.3. The van der Waals surface area contributed by atoms with Crippen LogP contribution in [-0.2, 0) is 14.3 Å². The number of hydrogen-bond donors (Lipinski definition) is 1. The predicted octanol–water partition coefficient (Wildman–Crippen LogP) is 5.33. The van der Waals surface area contributed by atoms with Crippen LogP contribution in [0, 0.1) is 46.3 Å². The number of fused-ring (bicyclic) bond motifs is 5. The summed E-state index contributed by atoms with van der Waals surface area (Å²) in [6.45, 7) is 4.06. The number of ketones is 1. The van der Waals surface area contributed by atoms with Crippen LogP contribution in [0.5, 0.6) is 0 Å². The van der Waals surface area contributed by atoms with Crippen LogP contribution in [0.1, 0.15) is 90.9 Å². The zero-order chi connectivity index (χ0) is 25.9. The summed E-state index contributed by atoms with van der Waals surface area (Å²) >= 11 is 0. The molecule has 4 saturated carbocycles. The summed E-state index contributed by atoms with van der Waals surface area (Å²) in [5, 5.41) is 10.5. The van der Waals surface area contributed by atoms with Gasteiger partial charge < -0.3 is 9.84 Å². The van der Waals surface area contributed by atoms with Crippen molar-refractivity contribution in [1.29, 1.82) is 0 Å². The normalized spacial score (nSPS) is 49.4. The van der Waals surface area contributed by atoms with Crippen molar-refractivity contribution in [3.8, 4) is 0 Å². The van der Waals surface area contributed by atoms with Crippen molar-refractivity contribution in [2.24, 2.45) is 46.3 Å². The highest BCUT2D eigenvalue weighted by molar-refractivity contribution is 5.99. The molecule has 0 radical (unpaired) electrons. The molecule has 174 valence electrons. The van der Waals surface area contributed by atoms with Gasteiger partial charge >= 0.3 is 5.97 Å². The Morgan fingerprint density at radius 1 is 1.26 bits per heavy atom. The highest BCUT2D eigenvalue weighted by atomic mass is 16.5. The summed E-state index contributed by atoms with van der Waals surface area (Å²) in [5.41, 5.74) is -0.142. The monoisotopic (exact) mass is 434 g/mol. The Hall–Kier alpha value is -1.16. The van der Waals surface area contributed by atoms with E-state index in [4.69, 9.17) is 10.2 Å². The Labute approximate surface area is 193 Å². The summed E-state index contributed by atoms with van der Waals surface area (Å²) in [6, 6.07) is -0.514. The third kappa shape index (κ3) is 3.52. The molecule has 4 aliphatic carbocycles. The third-order valence-corrected chi connectivity index (χ3v) is 10.3. The van der Waals surface area contributed by atoms with E-state index in [0.29, 0.717) is 31.1 Å². The Kier molecular flexibility index (Phi) is 4.91. The zero-order valence-corrected chi connectivity index (χ0v) is 19.6. The van der Waals surface area contributed by atoms with Crippen LogP contribution in [-0.4, -0.2) is 30.1 Å². The highest BCUT2D eigenvalue weighted by Crippen LogP contribution is 2.68. The van der Waals surface area contributed by atoms with Gasteiger partial charge in [-0.3, -0.25) is 9.59 Å². The SMILES string of the molecule is [2H]/C(=C1/C(=O)C2C3CC[C@H]([C@H](C)CCC(=O)OC)[C@@]3(C)CCC2[C@@]2(C)CC[C@@H](O)C[C@@H]12)C([2H])([2H])[2H]. The second-order valence-electron chi connectivity index (χ2n) is 11.4. The van der Waals surface area contributed by atoms with Gasteiger partial charge in [-0.1, -0.05) is 26.8 Å².